The number of rotatable bonds is 3. The first-order chi connectivity index (χ1) is 7.79. The van der Waals surface area contributed by atoms with Crippen molar-refractivity contribution in [2.24, 2.45) is 0 Å². The van der Waals surface area contributed by atoms with Gasteiger partial charge in [0.25, 0.3) is 5.91 Å². The van der Waals surface area contributed by atoms with Crippen LogP contribution in [0.25, 0.3) is 0 Å². The Bertz CT molecular complexity index is 431. The summed E-state index contributed by atoms with van der Waals surface area (Å²) in [4.78, 5) is 15.0. The molecule has 0 aliphatic heterocycles. The van der Waals surface area contributed by atoms with E-state index in [0.29, 0.717) is 5.56 Å². The molecular weight excluding hydrogens is 298 g/mol. The zero-order chi connectivity index (χ0) is 13.2. The SMILES string of the molecule is CCC(C)(C)N(C)C(=O)c1cc(S)ccc1Br. The van der Waals surface area contributed by atoms with Crippen molar-refractivity contribution in [3.63, 3.8) is 0 Å². The van der Waals surface area contributed by atoms with Crippen LogP contribution < -0.4 is 0 Å². The Labute approximate surface area is 117 Å². The van der Waals surface area contributed by atoms with Crippen LogP contribution in [-0.4, -0.2) is 23.4 Å². The Kier molecular flexibility index (Phi) is 4.67. The second-order valence-electron chi connectivity index (χ2n) is 4.69. The summed E-state index contributed by atoms with van der Waals surface area (Å²) < 4.78 is 0.805. The third-order valence-corrected chi connectivity index (χ3v) is 4.23. The van der Waals surface area contributed by atoms with Gasteiger partial charge in [-0.1, -0.05) is 6.92 Å². The van der Waals surface area contributed by atoms with E-state index in [4.69, 9.17) is 0 Å². The number of nitrogens with zero attached hydrogens (tertiary/aromatic N) is 1. The number of thiol groups is 1. The lowest BCUT2D eigenvalue weighted by Gasteiger charge is -2.35. The summed E-state index contributed by atoms with van der Waals surface area (Å²) >= 11 is 7.67. The van der Waals surface area contributed by atoms with Crippen LogP contribution in [0.5, 0.6) is 0 Å². The molecule has 0 heterocycles. The Hall–Kier alpha value is -0.480. The second-order valence-corrected chi connectivity index (χ2v) is 6.07. The highest BCUT2D eigenvalue weighted by atomic mass is 79.9. The van der Waals surface area contributed by atoms with Gasteiger partial charge in [0.05, 0.1) is 5.56 Å². The monoisotopic (exact) mass is 315 g/mol. The van der Waals surface area contributed by atoms with Crippen LogP contribution >= 0.6 is 28.6 Å². The molecular formula is C13H18BrNOS. The molecule has 1 aromatic carbocycles. The minimum atomic E-state index is -0.150. The molecule has 17 heavy (non-hydrogen) atoms. The molecule has 1 rings (SSSR count). The molecule has 0 bridgehead atoms. The number of halogens is 1. The van der Waals surface area contributed by atoms with Crippen LogP contribution in [0.4, 0.5) is 0 Å². The van der Waals surface area contributed by atoms with Crippen LogP contribution in [0.15, 0.2) is 27.6 Å². The van der Waals surface area contributed by atoms with Gasteiger partial charge >= 0.3 is 0 Å². The molecule has 0 aromatic heterocycles. The quantitative estimate of drug-likeness (QED) is 0.836. The van der Waals surface area contributed by atoms with E-state index in [1.54, 1.807) is 11.0 Å². The summed E-state index contributed by atoms with van der Waals surface area (Å²) in [7, 11) is 1.84. The summed E-state index contributed by atoms with van der Waals surface area (Å²) in [5.41, 5.74) is 0.505. The normalized spacial score (nSPS) is 11.4. The Morgan fingerprint density at radius 1 is 1.47 bits per heavy atom. The number of carbonyl (C=O) groups is 1. The molecule has 0 N–H and O–H groups in total. The predicted octanol–water partition coefficient (Wildman–Crippen LogP) is 4.00. The first-order valence-corrected chi connectivity index (χ1v) is 6.80. The van der Waals surface area contributed by atoms with E-state index in [-0.39, 0.29) is 11.4 Å². The van der Waals surface area contributed by atoms with Gasteiger partial charge in [-0.2, -0.15) is 0 Å². The van der Waals surface area contributed by atoms with E-state index in [1.165, 1.54) is 0 Å². The van der Waals surface area contributed by atoms with Gasteiger partial charge in [0.15, 0.2) is 0 Å². The topological polar surface area (TPSA) is 20.3 Å². The molecule has 1 aromatic rings. The standard InChI is InChI=1S/C13H18BrNOS/c1-5-13(2,3)15(4)12(16)10-8-9(17)6-7-11(10)14/h6-8,17H,5H2,1-4H3. The maximum absolute atomic E-state index is 12.4. The largest absolute Gasteiger partial charge is 0.337 e. The second kappa shape index (κ2) is 5.44. The molecule has 94 valence electrons. The van der Waals surface area contributed by atoms with Crippen LogP contribution in [0.1, 0.15) is 37.6 Å². The van der Waals surface area contributed by atoms with Crippen molar-refractivity contribution >= 4 is 34.5 Å². The van der Waals surface area contributed by atoms with Crippen LogP contribution in [0.3, 0.4) is 0 Å². The summed E-state index contributed by atoms with van der Waals surface area (Å²) in [6.45, 7) is 6.20. The first kappa shape index (κ1) is 14.6. The molecule has 0 saturated heterocycles. The lowest BCUT2D eigenvalue weighted by Crippen LogP contribution is -2.44. The number of benzene rings is 1. The van der Waals surface area contributed by atoms with E-state index in [9.17, 15) is 4.79 Å². The lowest BCUT2D eigenvalue weighted by molar-refractivity contribution is 0.0619. The van der Waals surface area contributed by atoms with E-state index >= 15 is 0 Å². The van der Waals surface area contributed by atoms with Crippen molar-refractivity contribution < 1.29 is 4.79 Å². The average Bonchev–Trinajstić information content (AvgIpc) is 2.30. The van der Waals surface area contributed by atoms with Crippen molar-refractivity contribution in [1.29, 1.82) is 0 Å². The van der Waals surface area contributed by atoms with Crippen molar-refractivity contribution in [3.05, 3.63) is 28.2 Å². The van der Waals surface area contributed by atoms with Gasteiger partial charge in [-0.3, -0.25) is 4.79 Å². The van der Waals surface area contributed by atoms with Crippen LogP contribution in [-0.2, 0) is 0 Å². The molecule has 0 fully saturated rings. The van der Waals surface area contributed by atoms with E-state index in [0.717, 1.165) is 15.8 Å². The van der Waals surface area contributed by atoms with Gasteiger partial charge in [-0.25, -0.2) is 0 Å². The van der Waals surface area contributed by atoms with Crippen molar-refractivity contribution in [2.45, 2.75) is 37.6 Å². The predicted molar refractivity (Wildman–Crippen MR) is 77.9 cm³/mol. The first-order valence-electron chi connectivity index (χ1n) is 5.56. The minimum Gasteiger partial charge on any atom is -0.337 e. The Morgan fingerprint density at radius 2 is 2.06 bits per heavy atom. The Balaban J connectivity index is 3.08. The third kappa shape index (κ3) is 3.26. The third-order valence-electron chi connectivity index (χ3n) is 3.26. The summed E-state index contributed by atoms with van der Waals surface area (Å²) in [5.74, 6) is 0.0135. The number of amides is 1. The maximum atomic E-state index is 12.4. The van der Waals surface area contributed by atoms with Crippen LogP contribution in [0.2, 0.25) is 0 Å². The molecule has 0 aliphatic carbocycles. The average molecular weight is 316 g/mol. The molecule has 4 heteroatoms. The lowest BCUT2D eigenvalue weighted by atomic mass is 9.99. The van der Waals surface area contributed by atoms with Crippen LogP contribution in [0, 0.1) is 0 Å². The molecule has 0 spiro atoms. The van der Waals surface area contributed by atoms with Gasteiger partial charge < -0.3 is 4.90 Å². The van der Waals surface area contributed by atoms with Gasteiger partial charge in [0.1, 0.15) is 0 Å². The fraction of sp³-hybridized carbons (Fsp3) is 0.462. The van der Waals surface area contributed by atoms with Gasteiger partial charge in [-0.05, 0) is 54.4 Å². The smallest absolute Gasteiger partial charge is 0.255 e. The molecule has 0 unspecified atom stereocenters. The van der Waals surface area contributed by atoms with Crippen molar-refractivity contribution in [3.8, 4) is 0 Å². The van der Waals surface area contributed by atoms with E-state index in [2.05, 4.69) is 49.3 Å². The molecule has 0 radical (unpaired) electrons. The molecule has 2 nitrogen and oxygen atoms in total. The number of carbonyl (C=O) groups excluding carboxylic acids is 1. The zero-order valence-electron chi connectivity index (χ0n) is 10.6. The van der Waals surface area contributed by atoms with Crippen molar-refractivity contribution in [2.75, 3.05) is 7.05 Å². The van der Waals surface area contributed by atoms with Crippen molar-refractivity contribution in [1.82, 2.24) is 4.90 Å². The molecule has 0 saturated carbocycles. The fourth-order valence-electron chi connectivity index (χ4n) is 1.37. The molecule has 1 amide bonds. The fourth-order valence-corrected chi connectivity index (χ4v) is 1.99. The number of hydrogen-bond donors (Lipinski definition) is 1. The van der Waals surface area contributed by atoms with E-state index in [1.807, 2.05) is 19.2 Å². The summed E-state index contributed by atoms with van der Waals surface area (Å²) in [6, 6.07) is 5.50. The maximum Gasteiger partial charge on any atom is 0.255 e. The van der Waals surface area contributed by atoms with Gasteiger partial charge in [0.2, 0.25) is 0 Å². The summed E-state index contributed by atoms with van der Waals surface area (Å²) in [6.07, 6.45) is 0.910. The van der Waals surface area contributed by atoms with Gasteiger partial charge in [-0.15, -0.1) is 12.6 Å². The molecule has 0 atom stereocenters. The highest BCUT2D eigenvalue weighted by Crippen LogP contribution is 2.25. The Morgan fingerprint density at radius 3 is 2.59 bits per heavy atom. The minimum absolute atomic E-state index is 0.0135. The number of hydrogen-bond acceptors (Lipinski definition) is 2. The van der Waals surface area contributed by atoms with Gasteiger partial charge in [0, 0.05) is 22.0 Å². The summed E-state index contributed by atoms with van der Waals surface area (Å²) in [5, 5.41) is 0. The molecule has 0 aliphatic rings. The zero-order valence-corrected chi connectivity index (χ0v) is 13.1. The van der Waals surface area contributed by atoms with E-state index < -0.39 is 0 Å². The highest BCUT2D eigenvalue weighted by Gasteiger charge is 2.27. The highest BCUT2D eigenvalue weighted by molar-refractivity contribution is 9.10.